The van der Waals surface area contributed by atoms with Crippen LogP contribution in [0.3, 0.4) is 0 Å². The van der Waals surface area contributed by atoms with Crippen LogP contribution in [0, 0.1) is 11.6 Å². The fourth-order valence-electron chi connectivity index (χ4n) is 7.20. The minimum absolute atomic E-state index is 0.00707. The summed E-state index contributed by atoms with van der Waals surface area (Å²) < 4.78 is 58.3. The lowest BCUT2D eigenvalue weighted by molar-refractivity contribution is -0.0883. The van der Waals surface area contributed by atoms with Crippen LogP contribution in [0.15, 0.2) is 18.2 Å². The molecule has 0 amide bonds. The number of halogens is 4. The fourth-order valence-corrected chi connectivity index (χ4v) is 8.26. The van der Waals surface area contributed by atoms with Gasteiger partial charge in [0.25, 0.3) is 0 Å². The number of ether oxygens (including phenoxy) is 2. The third kappa shape index (κ3) is 4.42. The lowest BCUT2D eigenvalue weighted by Gasteiger charge is -2.49. The molecule has 8 rings (SSSR count). The molecule has 6 heterocycles. The van der Waals surface area contributed by atoms with E-state index in [2.05, 4.69) is 25.1 Å². The fraction of sp³-hybridized carbons (Fsp3) is 0.483. The quantitative estimate of drug-likeness (QED) is 0.328. The average molecular weight is 632 g/mol. The Morgan fingerprint density at radius 1 is 1.19 bits per heavy atom. The van der Waals surface area contributed by atoms with E-state index in [-0.39, 0.29) is 49.7 Å². The highest BCUT2D eigenvalue weighted by atomic mass is 35.5. The largest absolute Gasteiger partial charge is 0.461 e. The number of anilines is 2. The Hall–Kier alpha value is -2.97. The third-order valence-electron chi connectivity index (χ3n) is 9.30. The molecular formula is C29H29ClF3N7O2S. The highest BCUT2D eigenvalue weighted by Crippen LogP contribution is 2.44. The van der Waals surface area contributed by atoms with Crippen molar-refractivity contribution in [2.24, 2.45) is 0 Å². The van der Waals surface area contributed by atoms with Crippen molar-refractivity contribution in [1.82, 2.24) is 25.2 Å². The van der Waals surface area contributed by atoms with Crippen LogP contribution < -0.4 is 20.7 Å². The summed E-state index contributed by atoms with van der Waals surface area (Å²) in [4.78, 5) is 17.8. The number of aromatic nitrogens is 3. The van der Waals surface area contributed by atoms with Gasteiger partial charge in [0, 0.05) is 49.1 Å². The molecule has 4 saturated heterocycles. The Balaban J connectivity index is 1.26. The minimum atomic E-state index is -0.910. The Morgan fingerprint density at radius 3 is 2.86 bits per heavy atom. The first-order chi connectivity index (χ1) is 20.7. The van der Waals surface area contributed by atoms with Crippen LogP contribution in [0.4, 0.5) is 24.1 Å². The smallest absolute Gasteiger partial charge is 0.319 e. The van der Waals surface area contributed by atoms with Crippen molar-refractivity contribution in [3.63, 3.8) is 0 Å². The van der Waals surface area contributed by atoms with Crippen molar-refractivity contribution in [3.05, 3.63) is 34.9 Å². The van der Waals surface area contributed by atoms with Crippen LogP contribution >= 0.6 is 22.9 Å². The van der Waals surface area contributed by atoms with Crippen LogP contribution in [0.2, 0.25) is 5.02 Å². The molecule has 3 N–H and O–H groups in total. The van der Waals surface area contributed by atoms with Gasteiger partial charge < -0.3 is 25.4 Å². The van der Waals surface area contributed by atoms with Gasteiger partial charge in [0.05, 0.1) is 33.9 Å². The van der Waals surface area contributed by atoms with Crippen LogP contribution in [0.5, 0.6) is 6.01 Å². The summed E-state index contributed by atoms with van der Waals surface area (Å²) in [6.45, 7) is 4.38. The van der Waals surface area contributed by atoms with Gasteiger partial charge in [-0.2, -0.15) is 9.97 Å². The number of thiazole rings is 1. The zero-order valence-corrected chi connectivity index (χ0v) is 24.7. The first-order valence-electron chi connectivity index (χ1n) is 14.4. The monoisotopic (exact) mass is 631 g/mol. The normalized spacial score (nSPS) is 25.1. The van der Waals surface area contributed by atoms with Crippen molar-refractivity contribution in [1.29, 1.82) is 0 Å². The van der Waals surface area contributed by atoms with Gasteiger partial charge >= 0.3 is 6.01 Å². The van der Waals surface area contributed by atoms with Gasteiger partial charge in [-0.3, -0.25) is 4.90 Å². The summed E-state index contributed by atoms with van der Waals surface area (Å²) in [6.07, 6.45) is 1.26. The third-order valence-corrected chi connectivity index (χ3v) is 10.5. The average Bonchev–Trinajstić information content (AvgIpc) is 3.64. The SMILES string of the molecule is Nc1nc2c(-c3c(Cl)cc4c(N5CCOC6(CNC6)C5)nc(OC[C@@]56CCCN5C[C@H](F)C6)nc4c3F)ccc(F)c2s1. The summed E-state index contributed by atoms with van der Waals surface area (Å²) in [5, 5.41) is 3.96. The predicted molar refractivity (Wildman–Crippen MR) is 160 cm³/mol. The number of rotatable bonds is 5. The van der Waals surface area contributed by atoms with E-state index in [0.29, 0.717) is 62.5 Å². The van der Waals surface area contributed by atoms with E-state index in [1.807, 2.05) is 0 Å². The van der Waals surface area contributed by atoms with E-state index < -0.39 is 23.3 Å². The number of nitrogens with one attached hydrogen (secondary N) is 1. The summed E-state index contributed by atoms with van der Waals surface area (Å²) in [6, 6.07) is 4.35. The number of alkyl halides is 1. The Morgan fingerprint density at radius 2 is 2.05 bits per heavy atom. The number of fused-ring (bicyclic) bond motifs is 3. The molecule has 43 heavy (non-hydrogen) atoms. The maximum Gasteiger partial charge on any atom is 0.319 e. The van der Waals surface area contributed by atoms with Crippen molar-refractivity contribution in [2.45, 2.75) is 36.6 Å². The molecule has 0 radical (unpaired) electrons. The highest BCUT2D eigenvalue weighted by molar-refractivity contribution is 7.22. The standard InChI is InChI=1S/C29H29ClF3N7O2S/c30-18-8-17-22(21(33)20(18)16-2-3-19(32)24-23(16)36-26(34)43-24)37-27(41-14-28-4-1-5-40(28)10-15(31)9-28)38-25(17)39-6-7-42-29(13-39)11-35-12-29/h2-3,8,15,35H,1,4-7,9-14H2,(H2,34,36)/t15-,28+/m1/s1. The van der Waals surface area contributed by atoms with Crippen molar-refractivity contribution >= 4 is 55.0 Å². The number of morpholine rings is 1. The van der Waals surface area contributed by atoms with E-state index >= 15 is 4.39 Å². The Kier molecular flexibility index (Phi) is 6.43. The molecule has 4 aliphatic heterocycles. The summed E-state index contributed by atoms with van der Waals surface area (Å²) in [5.74, 6) is -0.714. The molecule has 0 bridgehead atoms. The van der Waals surface area contributed by atoms with Gasteiger partial charge in [0.2, 0.25) is 0 Å². The number of nitrogen functional groups attached to an aromatic ring is 1. The molecule has 4 fully saturated rings. The number of hydrogen-bond acceptors (Lipinski definition) is 10. The van der Waals surface area contributed by atoms with Crippen LogP contribution in [-0.2, 0) is 4.74 Å². The molecule has 4 aliphatic rings. The molecule has 2 atom stereocenters. The number of benzene rings is 2. The number of hydrogen-bond donors (Lipinski definition) is 2. The lowest BCUT2D eigenvalue weighted by atomic mass is 9.94. The molecule has 0 aliphatic carbocycles. The second kappa shape index (κ2) is 10.0. The van der Waals surface area contributed by atoms with Crippen molar-refractivity contribution < 1.29 is 22.6 Å². The van der Waals surface area contributed by atoms with Gasteiger partial charge in [-0.15, -0.1) is 0 Å². The molecule has 4 aromatic rings. The van der Waals surface area contributed by atoms with E-state index in [9.17, 15) is 8.78 Å². The molecule has 14 heteroatoms. The summed E-state index contributed by atoms with van der Waals surface area (Å²) in [7, 11) is 0. The van der Waals surface area contributed by atoms with Crippen LogP contribution in [0.25, 0.3) is 32.2 Å². The molecule has 0 unspecified atom stereocenters. The zero-order valence-electron chi connectivity index (χ0n) is 23.1. The maximum atomic E-state index is 16.7. The molecule has 0 saturated carbocycles. The molecule has 2 aromatic carbocycles. The molecule has 1 spiro atoms. The van der Waals surface area contributed by atoms with Gasteiger partial charge in [-0.25, -0.2) is 18.2 Å². The minimum Gasteiger partial charge on any atom is -0.461 e. The second-order valence-corrected chi connectivity index (χ2v) is 13.5. The van der Waals surface area contributed by atoms with E-state index in [1.54, 1.807) is 6.07 Å². The highest BCUT2D eigenvalue weighted by Gasteiger charge is 2.49. The topological polar surface area (TPSA) is 102 Å². The van der Waals surface area contributed by atoms with Crippen molar-refractivity contribution in [3.8, 4) is 17.1 Å². The first kappa shape index (κ1) is 27.6. The van der Waals surface area contributed by atoms with Crippen LogP contribution in [0.1, 0.15) is 19.3 Å². The molecule has 226 valence electrons. The summed E-state index contributed by atoms with van der Waals surface area (Å²) in [5.41, 5.74) is 5.70. The van der Waals surface area contributed by atoms with E-state index in [4.69, 9.17) is 31.8 Å². The van der Waals surface area contributed by atoms with Gasteiger partial charge in [0.15, 0.2) is 10.9 Å². The number of nitrogens with zero attached hydrogens (tertiary/aromatic N) is 5. The van der Waals surface area contributed by atoms with Crippen molar-refractivity contribution in [2.75, 3.05) is 63.1 Å². The molecule has 2 aromatic heterocycles. The summed E-state index contributed by atoms with van der Waals surface area (Å²) >= 11 is 7.77. The second-order valence-electron chi connectivity index (χ2n) is 12.0. The van der Waals surface area contributed by atoms with Gasteiger partial charge in [-0.05, 0) is 37.6 Å². The van der Waals surface area contributed by atoms with Gasteiger partial charge in [0.1, 0.15) is 35.5 Å². The van der Waals surface area contributed by atoms with E-state index in [1.165, 1.54) is 12.1 Å². The number of nitrogens with two attached hydrogens (primary N) is 1. The predicted octanol–water partition coefficient (Wildman–Crippen LogP) is 4.55. The Bertz CT molecular complexity index is 1770. The first-order valence-corrected chi connectivity index (χ1v) is 15.6. The van der Waals surface area contributed by atoms with Crippen LogP contribution in [-0.4, -0.2) is 89.6 Å². The molecule has 9 nitrogen and oxygen atoms in total. The molecular weight excluding hydrogens is 603 g/mol. The van der Waals surface area contributed by atoms with E-state index in [0.717, 1.165) is 30.7 Å². The lowest BCUT2D eigenvalue weighted by Crippen LogP contribution is -2.69. The van der Waals surface area contributed by atoms with Gasteiger partial charge in [-0.1, -0.05) is 22.9 Å². The maximum absolute atomic E-state index is 16.7. The zero-order chi connectivity index (χ0) is 29.5. The Labute approximate surface area is 254 Å².